The smallest absolute Gasteiger partial charge is 0.318 e. The molecule has 2 N–H and O–H groups in total. The molecule has 0 radical (unpaired) electrons. The number of benzene rings is 1. The molecule has 0 unspecified atom stereocenters. The number of thiophene rings is 1. The summed E-state index contributed by atoms with van der Waals surface area (Å²) < 4.78 is 6.44. The predicted octanol–water partition coefficient (Wildman–Crippen LogP) is 6.19. The zero-order chi connectivity index (χ0) is 27.1. The van der Waals surface area contributed by atoms with Crippen LogP contribution < -0.4 is 15.4 Å². The Morgan fingerprint density at radius 3 is 2.71 bits per heavy atom. The standard InChI is InChI=1S/C30H37N5O2S/c1-19(21-8-7-9-23(14-21)37-6)33-28(36)35-12-10-20(11-13-35)26-27-24(31-18-32-26)15-25(38-27)22-16-29(2,3)34-30(4,5)17-22/h7-10,14-16,18-19,34H,11-13,17H2,1-6H3,(H,33,36)/t19-/m0/s1. The Morgan fingerprint density at radius 1 is 1.18 bits per heavy atom. The van der Waals surface area contributed by atoms with Crippen molar-refractivity contribution in [1.29, 1.82) is 0 Å². The van der Waals surface area contributed by atoms with Crippen molar-refractivity contribution >= 4 is 38.7 Å². The highest BCUT2D eigenvalue weighted by Crippen LogP contribution is 2.40. The molecule has 0 spiro atoms. The lowest BCUT2D eigenvalue weighted by atomic mass is 9.83. The van der Waals surface area contributed by atoms with Gasteiger partial charge in [-0.15, -0.1) is 11.3 Å². The maximum Gasteiger partial charge on any atom is 0.318 e. The Hall–Kier alpha value is -3.23. The molecule has 1 atom stereocenters. The summed E-state index contributed by atoms with van der Waals surface area (Å²) in [4.78, 5) is 25.4. The Morgan fingerprint density at radius 2 is 2.00 bits per heavy atom. The van der Waals surface area contributed by atoms with Gasteiger partial charge in [0, 0.05) is 29.0 Å². The van der Waals surface area contributed by atoms with Crippen molar-refractivity contribution in [3.63, 3.8) is 0 Å². The first-order valence-electron chi connectivity index (χ1n) is 13.2. The van der Waals surface area contributed by atoms with Crippen LogP contribution in [0.1, 0.15) is 69.6 Å². The summed E-state index contributed by atoms with van der Waals surface area (Å²) in [6, 6.07) is 9.82. The number of hydrogen-bond acceptors (Lipinski definition) is 6. The molecule has 4 heterocycles. The minimum Gasteiger partial charge on any atom is -0.497 e. The predicted molar refractivity (Wildman–Crippen MR) is 155 cm³/mol. The Bertz CT molecular complexity index is 1420. The van der Waals surface area contributed by atoms with E-state index in [-0.39, 0.29) is 23.2 Å². The normalized spacial score (nSPS) is 19.5. The van der Waals surface area contributed by atoms with Crippen LogP contribution in [0.25, 0.3) is 21.4 Å². The van der Waals surface area contributed by atoms with Crippen molar-refractivity contribution in [1.82, 2.24) is 25.5 Å². The number of nitrogens with one attached hydrogen (secondary N) is 2. The van der Waals surface area contributed by atoms with Gasteiger partial charge in [-0.05, 0) is 82.4 Å². The first kappa shape index (κ1) is 26.4. The summed E-state index contributed by atoms with van der Waals surface area (Å²) in [6.45, 7) is 12.1. The second kappa shape index (κ2) is 10.2. The van der Waals surface area contributed by atoms with Crippen LogP contribution in [0.5, 0.6) is 5.75 Å². The highest BCUT2D eigenvalue weighted by Gasteiger charge is 2.33. The van der Waals surface area contributed by atoms with Gasteiger partial charge in [0.25, 0.3) is 0 Å². The number of nitrogens with zero attached hydrogens (tertiary/aromatic N) is 3. The van der Waals surface area contributed by atoms with E-state index in [2.05, 4.69) is 66.5 Å². The van der Waals surface area contributed by atoms with Crippen molar-refractivity contribution in [3.8, 4) is 5.75 Å². The maximum atomic E-state index is 13.0. The summed E-state index contributed by atoms with van der Waals surface area (Å²) in [7, 11) is 1.65. The van der Waals surface area contributed by atoms with Gasteiger partial charge in [0.05, 0.1) is 29.1 Å². The van der Waals surface area contributed by atoms with E-state index >= 15 is 0 Å². The van der Waals surface area contributed by atoms with Crippen molar-refractivity contribution in [2.75, 3.05) is 20.2 Å². The number of ether oxygens (including phenoxy) is 1. The van der Waals surface area contributed by atoms with E-state index in [9.17, 15) is 4.79 Å². The lowest BCUT2D eigenvalue weighted by Gasteiger charge is -2.41. The van der Waals surface area contributed by atoms with Crippen LogP contribution in [0.3, 0.4) is 0 Å². The molecular formula is C30H37N5O2S. The minimum atomic E-state index is -0.117. The van der Waals surface area contributed by atoms with Crippen LogP contribution >= 0.6 is 11.3 Å². The van der Waals surface area contributed by atoms with Gasteiger partial charge >= 0.3 is 6.03 Å². The molecule has 2 aromatic heterocycles. The third-order valence-electron chi connectivity index (χ3n) is 7.19. The molecule has 8 heteroatoms. The molecule has 200 valence electrons. The molecule has 1 aromatic carbocycles. The molecular weight excluding hydrogens is 494 g/mol. The molecule has 0 fully saturated rings. The molecule has 0 aliphatic carbocycles. The van der Waals surface area contributed by atoms with Gasteiger partial charge in [-0.1, -0.05) is 24.3 Å². The molecule has 2 aliphatic heterocycles. The largest absolute Gasteiger partial charge is 0.497 e. The number of hydrogen-bond donors (Lipinski definition) is 2. The fraction of sp³-hybridized carbons (Fsp3) is 0.433. The number of amides is 2. The van der Waals surface area contributed by atoms with Crippen molar-refractivity contribution < 1.29 is 9.53 Å². The summed E-state index contributed by atoms with van der Waals surface area (Å²) in [5, 5.41) is 6.84. The SMILES string of the molecule is COc1cccc([C@H](C)NC(=O)N2CC=C(c3ncnc4cc(C5=CC(C)(C)NC(C)(C)C5)sc34)CC2)c1. The zero-order valence-electron chi connectivity index (χ0n) is 23.1. The Kier molecular flexibility index (Phi) is 7.05. The van der Waals surface area contributed by atoms with Crippen molar-refractivity contribution in [2.24, 2.45) is 0 Å². The van der Waals surface area contributed by atoms with E-state index in [4.69, 9.17) is 4.74 Å². The highest BCUT2D eigenvalue weighted by atomic mass is 32.1. The topological polar surface area (TPSA) is 79.4 Å². The van der Waals surface area contributed by atoms with Crippen LogP contribution in [0, 0.1) is 0 Å². The van der Waals surface area contributed by atoms with Gasteiger partial charge in [-0.2, -0.15) is 0 Å². The van der Waals surface area contributed by atoms with Gasteiger partial charge < -0.3 is 20.3 Å². The lowest BCUT2D eigenvalue weighted by molar-refractivity contribution is 0.199. The first-order chi connectivity index (χ1) is 18.0. The van der Waals surface area contributed by atoms with Crippen LogP contribution in [0.2, 0.25) is 0 Å². The summed E-state index contributed by atoms with van der Waals surface area (Å²) >= 11 is 1.78. The zero-order valence-corrected chi connectivity index (χ0v) is 23.9. The van der Waals surface area contributed by atoms with E-state index in [1.165, 1.54) is 16.0 Å². The van der Waals surface area contributed by atoms with E-state index in [0.717, 1.165) is 40.1 Å². The third kappa shape index (κ3) is 5.61. The molecule has 7 nitrogen and oxygen atoms in total. The lowest BCUT2D eigenvalue weighted by Crippen LogP contribution is -2.53. The number of urea groups is 1. The molecule has 2 aliphatic rings. The van der Waals surface area contributed by atoms with E-state index in [0.29, 0.717) is 13.1 Å². The van der Waals surface area contributed by atoms with Gasteiger partial charge in [0.15, 0.2) is 0 Å². The molecule has 3 aromatic rings. The fourth-order valence-electron chi connectivity index (χ4n) is 5.65. The number of methoxy groups -OCH3 is 1. The molecule has 0 saturated carbocycles. The molecule has 38 heavy (non-hydrogen) atoms. The number of carbonyl (C=O) groups excluding carboxylic acids is 1. The van der Waals surface area contributed by atoms with Crippen LogP contribution in [0.15, 0.2) is 48.8 Å². The van der Waals surface area contributed by atoms with Crippen molar-refractivity contribution in [2.45, 2.75) is 64.6 Å². The summed E-state index contributed by atoms with van der Waals surface area (Å²) in [5.74, 6) is 0.783. The maximum absolute atomic E-state index is 13.0. The van der Waals surface area contributed by atoms with Gasteiger partial charge in [-0.25, -0.2) is 14.8 Å². The quantitative estimate of drug-likeness (QED) is 0.410. The average Bonchev–Trinajstić information content (AvgIpc) is 3.32. The van der Waals surface area contributed by atoms with Crippen LogP contribution in [0.4, 0.5) is 4.79 Å². The van der Waals surface area contributed by atoms with E-state index in [1.54, 1.807) is 24.8 Å². The number of fused-ring (bicyclic) bond motifs is 1. The second-order valence-electron chi connectivity index (χ2n) is 11.5. The van der Waals surface area contributed by atoms with Gasteiger partial charge in [0.2, 0.25) is 0 Å². The van der Waals surface area contributed by atoms with Crippen molar-refractivity contribution in [3.05, 3.63) is 64.9 Å². The van der Waals surface area contributed by atoms with E-state index in [1.807, 2.05) is 36.1 Å². The fourth-order valence-corrected chi connectivity index (χ4v) is 6.80. The van der Waals surface area contributed by atoms with Gasteiger partial charge in [0.1, 0.15) is 12.1 Å². The molecule has 0 saturated heterocycles. The Balaban J connectivity index is 1.32. The summed E-state index contributed by atoms with van der Waals surface area (Å²) in [6.07, 6.45) is 7.87. The van der Waals surface area contributed by atoms with Crippen LogP contribution in [-0.2, 0) is 0 Å². The molecule has 5 rings (SSSR count). The molecule has 2 amide bonds. The minimum absolute atomic E-state index is 0.0261. The van der Waals surface area contributed by atoms with E-state index < -0.39 is 0 Å². The molecule has 0 bridgehead atoms. The first-order valence-corrected chi connectivity index (χ1v) is 14.0. The number of aromatic nitrogens is 2. The third-order valence-corrected chi connectivity index (χ3v) is 8.40. The van der Waals surface area contributed by atoms with Crippen LogP contribution in [-0.4, -0.2) is 52.2 Å². The monoisotopic (exact) mass is 531 g/mol. The highest BCUT2D eigenvalue weighted by molar-refractivity contribution is 7.20. The summed E-state index contributed by atoms with van der Waals surface area (Å²) in [5.41, 5.74) is 5.48. The second-order valence-corrected chi connectivity index (χ2v) is 12.5. The average molecular weight is 532 g/mol. The number of rotatable bonds is 5. The Labute approximate surface area is 229 Å². The number of carbonyl (C=O) groups is 1. The van der Waals surface area contributed by atoms with Gasteiger partial charge in [-0.3, -0.25) is 0 Å².